The first-order chi connectivity index (χ1) is 10.5. The van der Waals surface area contributed by atoms with Gasteiger partial charge in [-0.15, -0.1) is 0 Å². The van der Waals surface area contributed by atoms with Crippen LogP contribution in [-0.2, 0) is 19.6 Å². The van der Waals surface area contributed by atoms with Gasteiger partial charge in [0.25, 0.3) is 0 Å². The molecule has 2 aromatic heterocycles. The zero-order valence-corrected chi connectivity index (χ0v) is 12.7. The molecule has 0 unspecified atom stereocenters. The van der Waals surface area contributed by atoms with Crippen molar-refractivity contribution in [2.75, 3.05) is 0 Å². The SMILES string of the molecule is Cn1nc(-c2ccc3nc(C4(N)CCC4)n(C)c3c2)cc1O. The van der Waals surface area contributed by atoms with Gasteiger partial charge in [0.2, 0.25) is 5.88 Å². The van der Waals surface area contributed by atoms with Crippen LogP contribution in [0.5, 0.6) is 5.88 Å². The molecule has 22 heavy (non-hydrogen) atoms. The van der Waals surface area contributed by atoms with Crippen molar-refractivity contribution < 1.29 is 5.11 Å². The van der Waals surface area contributed by atoms with Gasteiger partial charge in [-0.2, -0.15) is 5.10 Å². The number of hydrogen-bond acceptors (Lipinski definition) is 4. The monoisotopic (exact) mass is 297 g/mol. The van der Waals surface area contributed by atoms with Gasteiger partial charge < -0.3 is 15.4 Å². The molecule has 3 N–H and O–H groups in total. The first kappa shape index (κ1) is 13.3. The van der Waals surface area contributed by atoms with E-state index in [1.54, 1.807) is 13.1 Å². The normalized spacial score (nSPS) is 16.9. The average molecular weight is 297 g/mol. The van der Waals surface area contributed by atoms with Gasteiger partial charge in [0.15, 0.2) is 0 Å². The molecule has 0 spiro atoms. The van der Waals surface area contributed by atoms with Crippen molar-refractivity contribution in [3.8, 4) is 17.1 Å². The Labute approximate surface area is 128 Å². The lowest BCUT2D eigenvalue weighted by molar-refractivity contribution is 0.234. The largest absolute Gasteiger partial charge is 0.493 e. The summed E-state index contributed by atoms with van der Waals surface area (Å²) in [5.41, 5.74) is 9.83. The molecule has 0 radical (unpaired) electrons. The van der Waals surface area contributed by atoms with Crippen molar-refractivity contribution in [3.05, 3.63) is 30.1 Å². The van der Waals surface area contributed by atoms with Gasteiger partial charge in [-0.25, -0.2) is 9.67 Å². The minimum Gasteiger partial charge on any atom is -0.493 e. The van der Waals surface area contributed by atoms with Crippen LogP contribution in [0.25, 0.3) is 22.3 Å². The van der Waals surface area contributed by atoms with E-state index < -0.39 is 0 Å². The standard InChI is InChI=1S/C16H19N5O/c1-20-13-8-10(12-9-14(22)21(2)19-12)4-5-11(13)18-15(20)16(17)6-3-7-16/h4-5,8-9,22H,3,6-7,17H2,1-2H3. The van der Waals surface area contributed by atoms with E-state index >= 15 is 0 Å². The second-order valence-electron chi connectivity index (χ2n) is 6.22. The Morgan fingerprint density at radius 2 is 2.00 bits per heavy atom. The number of nitrogens with two attached hydrogens (primary N) is 1. The maximum Gasteiger partial charge on any atom is 0.209 e. The number of aromatic hydroxyl groups is 1. The molecule has 0 atom stereocenters. The van der Waals surface area contributed by atoms with Crippen molar-refractivity contribution in [2.24, 2.45) is 19.8 Å². The van der Waals surface area contributed by atoms with Crippen LogP contribution >= 0.6 is 0 Å². The van der Waals surface area contributed by atoms with Crippen LogP contribution in [0.3, 0.4) is 0 Å². The summed E-state index contributed by atoms with van der Waals surface area (Å²) in [6, 6.07) is 7.68. The van der Waals surface area contributed by atoms with Gasteiger partial charge >= 0.3 is 0 Å². The number of aryl methyl sites for hydroxylation is 2. The molecule has 1 aliphatic rings. The van der Waals surface area contributed by atoms with Crippen LogP contribution in [0, 0.1) is 0 Å². The van der Waals surface area contributed by atoms with E-state index in [-0.39, 0.29) is 11.4 Å². The minimum atomic E-state index is -0.281. The van der Waals surface area contributed by atoms with E-state index in [9.17, 15) is 5.11 Å². The Hall–Kier alpha value is -2.34. The number of nitrogens with zero attached hydrogens (tertiary/aromatic N) is 4. The Morgan fingerprint density at radius 1 is 1.23 bits per heavy atom. The Bertz CT molecular complexity index is 853. The van der Waals surface area contributed by atoms with E-state index in [4.69, 9.17) is 10.7 Å². The fourth-order valence-electron chi connectivity index (χ4n) is 3.17. The molecule has 6 nitrogen and oxygen atoms in total. The number of hydrogen-bond donors (Lipinski definition) is 2. The van der Waals surface area contributed by atoms with Gasteiger partial charge in [-0.05, 0) is 31.4 Å². The first-order valence-corrected chi connectivity index (χ1v) is 7.47. The van der Waals surface area contributed by atoms with Crippen molar-refractivity contribution in [1.29, 1.82) is 0 Å². The summed E-state index contributed by atoms with van der Waals surface area (Å²) in [7, 11) is 3.73. The highest BCUT2D eigenvalue weighted by molar-refractivity contribution is 5.82. The highest BCUT2D eigenvalue weighted by Gasteiger charge is 2.38. The number of imidazole rings is 1. The molecular weight excluding hydrogens is 278 g/mol. The lowest BCUT2D eigenvalue weighted by Crippen LogP contribution is -2.45. The first-order valence-electron chi connectivity index (χ1n) is 7.47. The zero-order valence-electron chi connectivity index (χ0n) is 12.7. The molecular formula is C16H19N5O. The number of fused-ring (bicyclic) bond motifs is 1. The van der Waals surface area contributed by atoms with Gasteiger partial charge in [-0.3, -0.25) is 0 Å². The van der Waals surface area contributed by atoms with E-state index in [0.29, 0.717) is 0 Å². The summed E-state index contributed by atoms with van der Waals surface area (Å²) in [5.74, 6) is 1.10. The second kappa shape index (κ2) is 4.33. The van der Waals surface area contributed by atoms with Crippen LogP contribution < -0.4 is 5.73 Å². The molecule has 4 rings (SSSR count). The summed E-state index contributed by atoms with van der Waals surface area (Å²) in [6.07, 6.45) is 3.15. The van der Waals surface area contributed by atoms with E-state index in [1.807, 2.05) is 19.2 Å². The summed E-state index contributed by atoms with van der Waals surface area (Å²) in [6.45, 7) is 0. The smallest absolute Gasteiger partial charge is 0.209 e. The van der Waals surface area contributed by atoms with Gasteiger partial charge in [0.05, 0.1) is 22.3 Å². The highest BCUT2D eigenvalue weighted by atomic mass is 16.3. The molecule has 1 saturated carbocycles. The molecule has 2 heterocycles. The molecule has 6 heteroatoms. The summed E-state index contributed by atoms with van der Waals surface area (Å²) in [4.78, 5) is 4.73. The minimum absolute atomic E-state index is 0.149. The Kier molecular flexibility index (Phi) is 2.62. The Morgan fingerprint density at radius 3 is 2.59 bits per heavy atom. The molecule has 3 aromatic rings. The molecule has 1 aliphatic carbocycles. The third-order valence-electron chi connectivity index (χ3n) is 4.72. The molecule has 0 saturated heterocycles. The zero-order chi connectivity index (χ0) is 15.5. The van der Waals surface area contributed by atoms with Crippen molar-refractivity contribution >= 4 is 11.0 Å². The number of rotatable bonds is 2. The topological polar surface area (TPSA) is 81.9 Å². The quantitative estimate of drug-likeness (QED) is 0.758. The lowest BCUT2D eigenvalue weighted by atomic mass is 9.77. The van der Waals surface area contributed by atoms with E-state index in [1.165, 1.54) is 4.68 Å². The van der Waals surface area contributed by atoms with Gasteiger partial charge in [-0.1, -0.05) is 6.07 Å². The fourth-order valence-corrected chi connectivity index (χ4v) is 3.17. The van der Waals surface area contributed by atoms with Crippen molar-refractivity contribution in [3.63, 3.8) is 0 Å². The van der Waals surface area contributed by atoms with E-state index in [2.05, 4.69) is 15.7 Å². The molecule has 0 aliphatic heterocycles. The summed E-state index contributed by atoms with van der Waals surface area (Å²) >= 11 is 0. The number of aromatic nitrogens is 4. The third kappa shape index (κ3) is 1.77. The fraction of sp³-hybridized carbons (Fsp3) is 0.375. The molecule has 1 fully saturated rings. The van der Waals surface area contributed by atoms with Crippen LogP contribution in [0.1, 0.15) is 25.1 Å². The predicted molar refractivity (Wildman–Crippen MR) is 84.3 cm³/mol. The van der Waals surface area contributed by atoms with Crippen LogP contribution in [0.4, 0.5) is 0 Å². The third-order valence-corrected chi connectivity index (χ3v) is 4.72. The molecule has 114 valence electrons. The predicted octanol–water partition coefficient (Wildman–Crippen LogP) is 2.02. The van der Waals surface area contributed by atoms with Crippen molar-refractivity contribution in [2.45, 2.75) is 24.8 Å². The van der Waals surface area contributed by atoms with Crippen LogP contribution in [-0.4, -0.2) is 24.4 Å². The van der Waals surface area contributed by atoms with E-state index in [0.717, 1.165) is 47.4 Å². The Balaban J connectivity index is 1.85. The van der Waals surface area contributed by atoms with Gasteiger partial charge in [0.1, 0.15) is 5.82 Å². The molecule has 0 amide bonds. The van der Waals surface area contributed by atoms with Gasteiger partial charge in [0, 0.05) is 25.7 Å². The molecule has 1 aromatic carbocycles. The lowest BCUT2D eigenvalue weighted by Gasteiger charge is -2.37. The maximum atomic E-state index is 9.69. The second-order valence-corrected chi connectivity index (χ2v) is 6.22. The summed E-state index contributed by atoms with van der Waals surface area (Å²) < 4.78 is 3.54. The average Bonchev–Trinajstić information content (AvgIpc) is 2.98. The van der Waals surface area contributed by atoms with Crippen molar-refractivity contribution in [1.82, 2.24) is 19.3 Å². The summed E-state index contributed by atoms with van der Waals surface area (Å²) in [5, 5.41) is 14.0. The maximum absolute atomic E-state index is 9.69. The molecule has 0 bridgehead atoms. The van der Waals surface area contributed by atoms with Crippen LogP contribution in [0.15, 0.2) is 24.3 Å². The number of benzene rings is 1. The van der Waals surface area contributed by atoms with Crippen LogP contribution in [0.2, 0.25) is 0 Å². The highest BCUT2D eigenvalue weighted by Crippen LogP contribution is 2.39.